The van der Waals surface area contributed by atoms with Gasteiger partial charge in [-0.15, -0.1) is 0 Å². The third kappa shape index (κ3) is 6.18. The van der Waals surface area contributed by atoms with Crippen molar-refractivity contribution < 1.29 is 22.7 Å². The minimum atomic E-state index is -3.63. The summed E-state index contributed by atoms with van der Waals surface area (Å²) in [4.78, 5) is 24.5. The van der Waals surface area contributed by atoms with Gasteiger partial charge in [-0.25, -0.2) is 17.9 Å². The lowest BCUT2D eigenvalue weighted by atomic mass is 10.2. The molecule has 0 saturated heterocycles. The molecule has 0 heterocycles. The predicted octanol–water partition coefficient (Wildman–Crippen LogP) is 2.79. The Balaban J connectivity index is 2.00. The maximum atomic E-state index is 12.3. The number of nitrogens with one attached hydrogen (secondary N) is 2. The summed E-state index contributed by atoms with van der Waals surface area (Å²) in [5.41, 5.74) is 6.40. The average molecular weight is 440 g/mol. The molecule has 1 atom stereocenters. The van der Waals surface area contributed by atoms with Gasteiger partial charge in [0.05, 0.1) is 21.2 Å². The molecular formula is C19H22ClN3O5S. The first-order valence-electron chi connectivity index (χ1n) is 8.69. The second kappa shape index (κ2) is 9.25. The number of halogens is 1. The van der Waals surface area contributed by atoms with Crippen LogP contribution in [-0.4, -0.2) is 32.4 Å². The lowest BCUT2D eigenvalue weighted by molar-refractivity contribution is -0.123. The van der Waals surface area contributed by atoms with Gasteiger partial charge in [-0.1, -0.05) is 11.6 Å². The number of benzene rings is 2. The van der Waals surface area contributed by atoms with E-state index in [1.807, 2.05) is 0 Å². The van der Waals surface area contributed by atoms with E-state index in [9.17, 15) is 18.0 Å². The van der Waals surface area contributed by atoms with E-state index < -0.39 is 28.0 Å². The van der Waals surface area contributed by atoms with Crippen molar-refractivity contribution in [1.82, 2.24) is 4.72 Å². The number of ether oxygens (including phenoxy) is 1. The van der Waals surface area contributed by atoms with Crippen LogP contribution in [0, 0.1) is 0 Å². The minimum Gasteiger partial charge on any atom is -0.449 e. The highest BCUT2D eigenvalue weighted by molar-refractivity contribution is 7.89. The molecule has 156 valence electrons. The molecule has 0 bridgehead atoms. The van der Waals surface area contributed by atoms with Crippen molar-refractivity contribution in [1.29, 1.82) is 0 Å². The fourth-order valence-corrected chi connectivity index (χ4v) is 3.66. The highest BCUT2D eigenvalue weighted by Gasteiger charge is 2.20. The standard InChI is InChI=1S/C19H22ClN3O5S/c1-11(2)23-29(26,27)15-7-5-14(6-8-15)22-18(24)12(3)28-19(25)13-4-9-16(20)17(21)10-13/h4-12,23H,21H2,1-3H3,(H,22,24). The van der Waals surface area contributed by atoms with E-state index in [0.717, 1.165) is 0 Å². The van der Waals surface area contributed by atoms with Crippen molar-refractivity contribution >= 4 is 44.9 Å². The van der Waals surface area contributed by atoms with Gasteiger partial charge in [0.1, 0.15) is 0 Å². The quantitative estimate of drug-likeness (QED) is 0.449. The van der Waals surface area contributed by atoms with Crippen molar-refractivity contribution in [2.75, 3.05) is 11.1 Å². The van der Waals surface area contributed by atoms with Gasteiger partial charge < -0.3 is 15.8 Å². The first-order chi connectivity index (χ1) is 13.5. The molecule has 0 aromatic heterocycles. The molecule has 1 unspecified atom stereocenters. The van der Waals surface area contributed by atoms with Gasteiger partial charge in [-0.2, -0.15) is 0 Å². The summed E-state index contributed by atoms with van der Waals surface area (Å²) < 4.78 is 31.8. The highest BCUT2D eigenvalue weighted by Crippen LogP contribution is 2.20. The highest BCUT2D eigenvalue weighted by atomic mass is 35.5. The number of hydrogen-bond donors (Lipinski definition) is 3. The third-order valence-corrected chi connectivity index (χ3v) is 5.73. The second-order valence-electron chi connectivity index (χ2n) is 6.57. The van der Waals surface area contributed by atoms with E-state index in [1.165, 1.54) is 49.4 Å². The fourth-order valence-electron chi connectivity index (χ4n) is 2.29. The average Bonchev–Trinajstić information content (AvgIpc) is 2.63. The van der Waals surface area contributed by atoms with Crippen LogP contribution in [-0.2, 0) is 19.6 Å². The van der Waals surface area contributed by atoms with E-state index in [4.69, 9.17) is 22.1 Å². The number of nitrogen functional groups attached to an aromatic ring is 1. The van der Waals surface area contributed by atoms with Crippen molar-refractivity contribution in [2.45, 2.75) is 37.8 Å². The summed E-state index contributed by atoms with van der Waals surface area (Å²) in [6, 6.07) is 9.65. The normalized spacial score (nSPS) is 12.4. The number of amides is 1. The maximum Gasteiger partial charge on any atom is 0.338 e. The molecule has 2 rings (SSSR count). The van der Waals surface area contributed by atoms with Gasteiger partial charge in [-0.05, 0) is 63.2 Å². The summed E-state index contributed by atoms with van der Waals surface area (Å²) in [5.74, 6) is -1.30. The van der Waals surface area contributed by atoms with E-state index >= 15 is 0 Å². The van der Waals surface area contributed by atoms with Crippen LogP contribution in [0.2, 0.25) is 5.02 Å². The Morgan fingerprint density at radius 3 is 2.24 bits per heavy atom. The number of esters is 1. The van der Waals surface area contributed by atoms with Gasteiger partial charge >= 0.3 is 5.97 Å². The second-order valence-corrected chi connectivity index (χ2v) is 8.69. The zero-order valence-electron chi connectivity index (χ0n) is 16.1. The van der Waals surface area contributed by atoms with Crippen LogP contribution in [0.1, 0.15) is 31.1 Å². The van der Waals surface area contributed by atoms with Crippen LogP contribution < -0.4 is 15.8 Å². The lowest BCUT2D eigenvalue weighted by Gasteiger charge is -2.14. The van der Waals surface area contributed by atoms with E-state index in [0.29, 0.717) is 10.7 Å². The van der Waals surface area contributed by atoms with Crippen molar-refractivity contribution in [3.05, 3.63) is 53.1 Å². The largest absolute Gasteiger partial charge is 0.449 e. The molecule has 0 saturated carbocycles. The van der Waals surface area contributed by atoms with Crippen LogP contribution in [0.3, 0.4) is 0 Å². The number of rotatable bonds is 7. The molecule has 0 aliphatic rings. The number of carbonyl (C=O) groups excluding carboxylic acids is 2. The molecule has 8 nitrogen and oxygen atoms in total. The Morgan fingerprint density at radius 2 is 1.69 bits per heavy atom. The molecule has 2 aromatic carbocycles. The van der Waals surface area contributed by atoms with Gasteiger partial charge in [0.25, 0.3) is 5.91 Å². The number of nitrogens with two attached hydrogens (primary N) is 1. The summed E-state index contributed by atoms with van der Waals surface area (Å²) >= 11 is 5.81. The van der Waals surface area contributed by atoms with E-state index in [1.54, 1.807) is 13.8 Å². The molecule has 10 heteroatoms. The summed E-state index contributed by atoms with van der Waals surface area (Å²) in [6.45, 7) is 4.85. The fraction of sp³-hybridized carbons (Fsp3) is 0.263. The summed E-state index contributed by atoms with van der Waals surface area (Å²) in [5, 5.41) is 2.87. The van der Waals surface area contributed by atoms with E-state index in [2.05, 4.69) is 10.0 Å². The van der Waals surface area contributed by atoms with Crippen LogP contribution in [0.15, 0.2) is 47.4 Å². The minimum absolute atomic E-state index is 0.0732. The molecule has 0 spiro atoms. The van der Waals surface area contributed by atoms with Crippen molar-refractivity contribution in [3.8, 4) is 0 Å². The molecule has 4 N–H and O–H groups in total. The molecule has 0 aliphatic heterocycles. The Bertz CT molecular complexity index is 1010. The van der Waals surface area contributed by atoms with Crippen LogP contribution in [0.4, 0.5) is 11.4 Å². The predicted molar refractivity (Wildman–Crippen MR) is 111 cm³/mol. The molecule has 2 aromatic rings. The van der Waals surface area contributed by atoms with Gasteiger partial charge in [0.15, 0.2) is 6.10 Å². The van der Waals surface area contributed by atoms with Crippen molar-refractivity contribution in [3.63, 3.8) is 0 Å². The Kier molecular flexibility index (Phi) is 7.23. The van der Waals surface area contributed by atoms with Gasteiger partial charge in [-0.3, -0.25) is 4.79 Å². The molecular weight excluding hydrogens is 418 g/mol. The summed E-state index contributed by atoms with van der Waals surface area (Å²) in [7, 11) is -3.63. The molecule has 29 heavy (non-hydrogen) atoms. The zero-order valence-corrected chi connectivity index (χ0v) is 17.7. The van der Waals surface area contributed by atoms with Gasteiger partial charge in [0.2, 0.25) is 10.0 Å². The molecule has 1 amide bonds. The Labute approximate surface area is 174 Å². The first-order valence-corrected chi connectivity index (χ1v) is 10.5. The zero-order chi connectivity index (χ0) is 21.8. The van der Waals surface area contributed by atoms with Gasteiger partial charge in [0, 0.05) is 11.7 Å². The topological polar surface area (TPSA) is 128 Å². The first kappa shape index (κ1) is 22.7. The molecule has 0 radical (unpaired) electrons. The molecule has 0 fully saturated rings. The van der Waals surface area contributed by atoms with Crippen LogP contribution in [0.5, 0.6) is 0 Å². The smallest absolute Gasteiger partial charge is 0.338 e. The summed E-state index contributed by atoms with van der Waals surface area (Å²) in [6.07, 6.45) is -1.09. The Hall–Kier alpha value is -2.62. The number of hydrogen-bond acceptors (Lipinski definition) is 6. The van der Waals surface area contributed by atoms with Crippen molar-refractivity contribution in [2.24, 2.45) is 0 Å². The lowest BCUT2D eigenvalue weighted by Crippen LogP contribution is -2.30. The SMILES string of the molecule is CC(C)NS(=O)(=O)c1ccc(NC(=O)C(C)OC(=O)c2ccc(Cl)c(N)c2)cc1. The number of anilines is 2. The maximum absolute atomic E-state index is 12.3. The third-order valence-electron chi connectivity index (χ3n) is 3.71. The molecule has 0 aliphatic carbocycles. The Morgan fingerprint density at radius 1 is 1.07 bits per heavy atom. The van der Waals surface area contributed by atoms with E-state index in [-0.39, 0.29) is 22.2 Å². The van der Waals surface area contributed by atoms with Crippen LogP contribution >= 0.6 is 11.6 Å². The number of sulfonamides is 1. The van der Waals surface area contributed by atoms with Crippen LogP contribution in [0.25, 0.3) is 0 Å². The monoisotopic (exact) mass is 439 g/mol. The number of carbonyl (C=O) groups is 2.